The van der Waals surface area contributed by atoms with Gasteiger partial charge in [0.2, 0.25) is 5.91 Å². The quantitative estimate of drug-likeness (QED) is 0.699. The van der Waals surface area contributed by atoms with Gasteiger partial charge in [-0.3, -0.25) is 14.5 Å². The Labute approximate surface area is 197 Å². The summed E-state index contributed by atoms with van der Waals surface area (Å²) in [5.41, 5.74) is 0.721. The fourth-order valence-corrected chi connectivity index (χ4v) is 5.17. The molecule has 0 aliphatic carbocycles. The topological polar surface area (TPSA) is 61.9 Å². The second kappa shape index (κ2) is 11.1. The first-order valence-electron chi connectivity index (χ1n) is 12.4. The van der Waals surface area contributed by atoms with Crippen molar-refractivity contribution in [1.29, 1.82) is 0 Å². The minimum absolute atomic E-state index is 0.0234. The number of hydrogen-bond donors (Lipinski definition) is 1. The molecule has 0 bridgehead atoms. The molecule has 0 saturated carbocycles. The number of carbonyl (C=O) groups excluding carboxylic acids is 2. The molecule has 2 heterocycles. The number of piperidine rings is 1. The van der Waals surface area contributed by atoms with Crippen molar-refractivity contribution in [3.8, 4) is 0 Å². The first-order valence-corrected chi connectivity index (χ1v) is 12.4. The first-order chi connectivity index (χ1) is 16.0. The number of fused-ring (bicyclic) bond motifs is 1. The van der Waals surface area contributed by atoms with Crippen LogP contribution in [0.15, 0.2) is 42.5 Å². The number of carbonyl (C=O) groups is 2. The smallest absolute Gasteiger partial charge is 0.254 e. The lowest BCUT2D eigenvalue weighted by Crippen LogP contribution is -2.51. The lowest BCUT2D eigenvalue weighted by Gasteiger charge is -2.36. The molecule has 2 aromatic rings. The van der Waals surface area contributed by atoms with Crippen molar-refractivity contribution >= 4 is 22.6 Å². The third-order valence-corrected chi connectivity index (χ3v) is 6.92. The molecule has 6 heteroatoms. The van der Waals surface area contributed by atoms with Gasteiger partial charge in [0.25, 0.3) is 5.91 Å². The lowest BCUT2D eigenvalue weighted by atomic mass is 9.95. The maximum absolute atomic E-state index is 13.4. The van der Waals surface area contributed by atoms with Gasteiger partial charge in [-0.25, -0.2) is 0 Å². The van der Waals surface area contributed by atoms with E-state index in [2.05, 4.69) is 24.1 Å². The second-order valence-electron chi connectivity index (χ2n) is 9.79. The average molecular weight is 452 g/mol. The number of rotatable bonds is 7. The summed E-state index contributed by atoms with van der Waals surface area (Å²) in [5.74, 6) is 0.517. The fourth-order valence-electron chi connectivity index (χ4n) is 5.17. The van der Waals surface area contributed by atoms with Crippen molar-refractivity contribution < 1.29 is 14.3 Å². The standard InChI is InChI=1S/C27H37N3O3/c1-20(2)17-23(29-13-15-33-16-14-29)18-28-26(31)22-9-6-12-30(19-22)27(32)25-11-5-8-21-7-3-4-10-24(21)25/h3-5,7-8,10-11,20,22-23H,6,9,12-19H2,1-2H3,(H,28,31). The van der Waals surface area contributed by atoms with Gasteiger partial charge in [0.05, 0.1) is 19.1 Å². The van der Waals surface area contributed by atoms with Crippen LogP contribution in [0.4, 0.5) is 0 Å². The van der Waals surface area contributed by atoms with Crippen molar-refractivity contribution in [2.24, 2.45) is 11.8 Å². The number of hydrogen-bond acceptors (Lipinski definition) is 4. The fraction of sp³-hybridized carbons (Fsp3) is 0.556. The van der Waals surface area contributed by atoms with Gasteiger partial charge in [0.1, 0.15) is 0 Å². The molecule has 6 nitrogen and oxygen atoms in total. The van der Waals surface area contributed by atoms with E-state index in [4.69, 9.17) is 4.74 Å². The Morgan fingerprint density at radius 1 is 1.06 bits per heavy atom. The number of morpholine rings is 1. The Balaban J connectivity index is 1.38. The van der Waals surface area contributed by atoms with E-state index in [1.165, 1.54) is 0 Å². The largest absolute Gasteiger partial charge is 0.379 e. The summed E-state index contributed by atoms with van der Waals surface area (Å²) < 4.78 is 5.51. The normalized spacial score (nSPS) is 20.7. The van der Waals surface area contributed by atoms with E-state index < -0.39 is 0 Å². The van der Waals surface area contributed by atoms with Gasteiger partial charge in [-0.1, -0.05) is 50.2 Å². The van der Waals surface area contributed by atoms with Crippen LogP contribution in [0.5, 0.6) is 0 Å². The summed E-state index contributed by atoms with van der Waals surface area (Å²) in [6, 6.07) is 14.2. The Bertz CT molecular complexity index is 949. The molecule has 2 fully saturated rings. The molecule has 4 rings (SSSR count). The maximum atomic E-state index is 13.4. The second-order valence-corrected chi connectivity index (χ2v) is 9.79. The monoisotopic (exact) mass is 451 g/mol. The molecule has 2 unspecified atom stereocenters. The molecule has 2 atom stereocenters. The Morgan fingerprint density at radius 2 is 1.82 bits per heavy atom. The summed E-state index contributed by atoms with van der Waals surface area (Å²) in [4.78, 5) is 30.8. The summed E-state index contributed by atoms with van der Waals surface area (Å²) in [5, 5.41) is 5.26. The minimum atomic E-state index is -0.151. The maximum Gasteiger partial charge on any atom is 0.254 e. The van der Waals surface area contributed by atoms with E-state index in [0.29, 0.717) is 31.6 Å². The Kier molecular flexibility index (Phi) is 7.99. The summed E-state index contributed by atoms with van der Waals surface area (Å²) in [6.45, 7) is 9.67. The number of nitrogens with one attached hydrogen (secondary N) is 1. The van der Waals surface area contributed by atoms with Crippen LogP contribution >= 0.6 is 0 Å². The zero-order chi connectivity index (χ0) is 23.2. The Morgan fingerprint density at radius 3 is 2.61 bits per heavy atom. The van der Waals surface area contributed by atoms with Gasteiger partial charge in [0.15, 0.2) is 0 Å². The number of likely N-dealkylation sites (tertiary alicyclic amines) is 1. The highest BCUT2D eigenvalue weighted by molar-refractivity contribution is 6.07. The number of ether oxygens (including phenoxy) is 1. The number of benzene rings is 2. The van der Waals surface area contributed by atoms with E-state index in [1.54, 1.807) is 0 Å². The van der Waals surface area contributed by atoms with E-state index in [0.717, 1.165) is 61.9 Å². The third-order valence-electron chi connectivity index (χ3n) is 6.92. The van der Waals surface area contributed by atoms with E-state index in [-0.39, 0.29) is 17.7 Å². The molecular formula is C27H37N3O3. The van der Waals surface area contributed by atoms with Gasteiger partial charge in [-0.15, -0.1) is 0 Å². The van der Waals surface area contributed by atoms with Crippen LogP contribution in [0.2, 0.25) is 0 Å². The molecule has 2 aliphatic rings. The van der Waals surface area contributed by atoms with Crippen LogP contribution in [0, 0.1) is 11.8 Å². The molecule has 0 radical (unpaired) electrons. The van der Waals surface area contributed by atoms with E-state index in [1.807, 2.05) is 47.4 Å². The van der Waals surface area contributed by atoms with Crippen LogP contribution in [0.25, 0.3) is 10.8 Å². The predicted molar refractivity (Wildman–Crippen MR) is 131 cm³/mol. The van der Waals surface area contributed by atoms with Crippen molar-refractivity contribution in [2.45, 2.75) is 39.2 Å². The molecule has 178 valence electrons. The molecule has 2 aliphatic heterocycles. The zero-order valence-electron chi connectivity index (χ0n) is 20.0. The van der Waals surface area contributed by atoms with E-state index >= 15 is 0 Å². The number of nitrogens with zero attached hydrogens (tertiary/aromatic N) is 2. The number of amides is 2. The molecule has 33 heavy (non-hydrogen) atoms. The van der Waals surface area contributed by atoms with Gasteiger partial charge >= 0.3 is 0 Å². The van der Waals surface area contributed by atoms with E-state index in [9.17, 15) is 9.59 Å². The molecule has 2 aromatic carbocycles. The molecule has 1 N–H and O–H groups in total. The Hall–Kier alpha value is -2.44. The zero-order valence-corrected chi connectivity index (χ0v) is 20.0. The van der Waals surface area contributed by atoms with Crippen molar-refractivity contribution in [3.63, 3.8) is 0 Å². The van der Waals surface area contributed by atoms with Crippen molar-refractivity contribution in [1.82, 2.24) is 15.1 Å². The highest BCUT2D eigenvalue weighted by Gasteiger charge is 2.30. The van der Waals surface area contributed by atoms with Gasteiger partial charge in [0, 0.05) is 44.3 Å². The third kappa shape index (κ3) is 5.92. The van der Waals surface area contributed by atoms with Crippen LogP contribution in [-0.2, 0) is 9.53 Å². The van der Waals surface area contributed by atoms with Crippen molar-refractivity contribution in [3.05, 3.63) is 48.0 Å². The van der Waals surface area contributed by atoms with Crippen LogP contribution < -0.4 is 5.32 Å². The van der Waals surface area contributed by atoms with Gasteiger partial charge in [-0.05, 0) is 42.0 Å². The summed E-state index contributed by atoms with van der Waals surface area (Å²) >= 11 is 0. The summed E-state index contributed by atoms with van der Waals surface area (Å²) in [6.07, 6.45) is 2.74. The molecule has 2 amide bonds. The first kappa shape index (κ1) is 23.7. The van der Waals surface area contributed by atoms with Gasteiger partial charge in [-0.2, -0.15) is 0 Å². The van der Waals surface area contributed by atoms with Crippen molar-refractivity contribution in [2.75, 3.05) is 45.9 Å². The highest BCUT2D eigenvalue weighted by atomic mass is 16.5. The summed E-state index contributed by atoms with van der Waals surface area (Å²) in [7, 11) is 0. The molecular weight excluding hydrogens is 414 g/mol. The molecule has 2 saturated heterocycles. The predicted octanol–water partition coefficient (Wildman–Crippen LogP) is 3.56. The molecule has 0 aromatic heterocycles. The highest BCUT2D eigenvalue weighted by Crippen LogP contribution is 2.24. The van der Waals surface area contributed by atoms with Crippen LogP contribution in [-0.4, -0.2) is 73.6 Å². The average Bonchev–Trinajstić information content (AvgIpc) is 2.86. The minimum Gasteiger partial charge on any atom is -0.379 e. The van der Waals surface area contributed by atoms with Crippen LogP contribution in [0.3, 0.4) is 0 Å². The molecule has 0 spiro atoms. The SMILES string of the molecule is CC(C)CC(CNC(=O)C1CCCN(C(=O)c2cccc3ccccc23)C1)N1CCOCC1. The van der Waals surface area contributed by atoms with Gasteiger partial charge < -0.3 is 15.0 Å². The van der Waals surface area contributed by atoms with Crippen LogP contribution in [0.1, 0.15) is 43.5 Å². The lowest BCUT2D eigenvalue weighted by molar-refractivity contribution is -0.126.